The molecule has 0 atom stereocenters. The van der Waals surface area contributed by atoms with Crippen LogP contribution in [-0.2, 0) is 4.79 Å². The van der Waals surface area contributed by atoms with Gasteiger partial charge in [0.05, 0.1) is 16.8 Å². The molecule has 0 bridgehead atoms. The molecule has 1 aromatic heterocycles. The number of fused-ring (bicyclic) bond motifs is 1. The van der Waals surface area contributed by atoms with Gasteiger partial charge in [-0.05, 0) is 80.5 Å². The Morgan fingerprint density at radius 3 is 2.62 bits per heavy atom. The van der Waals surface area contributed by atoms with Gasteiger partial charge in [-0.3, -0.25) is 4.79 Å². The van der Waals surface area contributed by atoms with Crippen LogP contribution in [0.1, 0.15) is 36.9 Å². The Labute approximate surface area is 208 Å². The Hall–Kier alpha value is -2.67. The zero-order valence-corrected chi connectivity index (χ0v) is 20.4. The number of aryl methyl sites for hydroxylation is 1. The number of benzene rings is 2. The number of hydrogen-bond donors (Lipinski definition) is 2. The first kappa shape index (κ1) is 23.1. The number of aromatic nitrogens is 2. The summed E-state index contributed by atoms with van der Waals surface area (Å²) in [7, 11) is 0. The maximum atomic E-state index is 12.4. The van der Waals surface area contributed by atoms with Crippen LogP contribution in [0.5, 0.6) is 0 Å². The van der Waals surface area contributed by atoms with Gasteiger partial charge in [0.15, 0.2) is 0 Å². The number of carbonyl (C=O) groups excluding carboxylic acids is 1. The third-order valence-electron chi connectivity index (χ3n) is 6.77. The molecule has 8 heteroatoms. The predicted molar refractivity (Wildman–Crippen MR) is 138 cm³/mol. The molecule has 5 rings (SSSR count). The number of amides is 1. The summed E-state index contributed by atoms with van der Waals surface area (Å²) in [5, 5.41) is 15.6. The van der Waals surface area contributed by atoms with E-state index in [-0.39, 0.29) is 5.91 Å². The molecule has 1 aliphatic carbocycles. The zero-order valence-electron chi connectivity index (χ0n) is 18.9. The number of anilines is 2. The number of piperidine rings is 1. The number of aliphatic hydroxyl groups is 1. The molecule has 3 aromatic rings. The van der Waals surface area contributed by atoms with E-state index >= 15 is 0 Å². The van der Waals surface area contributed by atoms with E-state index in [4.69, 9.17) is 33.2 Å². The fourth-order valence-electron chi connectivity index (χ4n) is 4.59. The minimum Gasteiger partial charge on any atom is -0.389 e. The van der Waals surface area contributed by atoms with Crippen molar-refractivity contribution in [2.45, 2.75) is 38.2 Å². The van der Waals surface area contributed by atoms with Gasteiger partial charge in [0, 0.05) is 40.3 Å². The monoisotopic (exact) mass is 496 g/mol. The lowest BCUT2D eigenvalue weighted by Gasteiger charge is -2.38. The highest BCUT2D eigenvalue weighted by molar-refractivity contribution is 6.35. The first-order chi connectivity index (χ1) is 16.3. The van der Waals surface area contributed by atoms with E-state index < -0.39 is 5.60 Å². The smallest absolute Gasteiger partial charge is 0.248 e. The van der Waals surface area contributed by atoms with Gasteiger partial charge in [0.25, 0.3) is 0 Å². The second kappa shape index (κ2) is 9.17. The lowest BCUT2D eigenvalue weighted by Crippen LogP contribution is -2.46. The number of rotatable bonds is 5. The summed E-state index contributed by atoms with van der Waals surface area (Å²) in [5.74, 6) is 0.903. The molecule has 2 heterocycles. The molecule has 1 aliphatic heterocycles. The SMILES string of the molecule is Cc1nc(N2CCC(O)(C3CC3)CC2)nc2ccc(NC(=O)/C=C/c3ccc(Cl)cc3Cl)cc12. The summed E-state index contributed by atoms with van der Waals surface area (Å²) >= 11 is 12.1. The van der Waals surface area contributed by atoms with Crippen LogP contribution in [0.2, 0.25) is 10.0 Å². The van der Waals surface area contributed by atoms with Crippen LogP contribution in [0.3, 0.4) is 0 Å². The normalized spacial score (nSPS) is 17.9. The molecule has 176 valence electrons. The topological polar surface area (TPSA) is 78.3 Å². The van der Waals surface area contributed by atoms with Gasteiger partial charge >= 0.3 is 0 Å². The van der Waals surface area contributed by atoms with Gasteiger partial charge in [-0.1, -0.05) is 29.3 Å². The quantitative estimate of drug-likeness (QED) is 0.447. The molecule has 0 spiro atoms. The summed E-state index contributed by atoms with van der Waals surface area (Å²) in [6, 6.07) is 10.7. The minimum absolute atomic E-state index is 0.267. The molecule has 1 saturated heterocycles. The maximum absolute atomic E-state index is 12.4. The van der Waals surface area contributed by atoms with Gasteiger partial charge < -0.3 is 15.3 Å². The molecule has 1 amide bonds. The number of carbonyl (C=O) groups is 1. The van der Waals surface area contributed by atoms with Gasteiger partial charge in [0.1, 0.15) is 0 Å². The lowest BCUT2D eigenvalue weighted by atomic mass is 9.87. The van der Waals surface area contributed by atoms with Crippen molar-refractivity contribution in [1.29, 1.82) is 0 Å². The molecule has 34 heavy (non-hydrogen) atoms. The number of nitrogens with one attached hydrogen (secondary N) is 1. The highest BCUT2D eigenvalue weighted by Crippen LogP contribution is 2.45. The summed E-state index contributed by atoms with van der Waals surface area (Å²) in [6.45, 7) is 3.47. The number of halogens is 2. The van der Waals surface area contributed by atoms with Crippen molar-refractivity contribution in [2.24, 2.45) is 5.92 Å². The molecule has 2 N–H and O–H groups in total. The average molecular weight is 497 g/mol. The summed E-state index contributed by atoms with van der Waals surface area (Å²) < 4.78 is 0. The molecule has 2 fully saturated rings. The highest BCUT2D eigenvalue weighted by Gasteiger charge is 2.45. The van der Waals surface area contributed by atoms with Crippen molar-refractivity contribution in [3.8, 4) is 0 Å². The van der Waals surface area contributed by atoms with Crippen molar-refractivity contribution in [3.63, 3.8) is 0 Å². The summed E-state index contributed by atoms with van der Waals surface area (Å²) in [6.07, 6.45) is 6.90. The lowest BCUT2D eigenvalue weighted by molar-refractivity contribution is -0.111. The van der Waals surface area contributed by atoms with E-state index in [1.165, 1.54) is 6.08 Å². The largest absolute Gasteiger partial charge is 0.389 e. The molecule has 0 radical (unpaired) electrons. The fourth-order valence-corrected chi connectivity index (χ4v) is 5.07. The van der Waals surface area contributed by atoms with Crippen LogP contribution < -0.4 is 10.2 Å². The second-order valence-electron chi connectivity index (χ2n) is 9.19. The highest BCUT2D eigenvalue weighted by atomic mass is 35.5. The molecule has 2 aromatic carbocycles. The maximum Gasteiger partial charge on any atom is 0.248 e. The van der Waals surface area contributed by atoms with Crippen LogP contribution in [0.15, 0.2) is 42.5 Å². The van der Waals surface area contributed by atoms with Crippen LogP contribution in [0.25, 0.3) is 17.0 Å². The van der Waals surface area contributed by atoms with Gasteiger partial charge in [0.2, 0.25) is 11.9 Å². The third kappa shape index (κ3) is 4.90. The fraction of sp³-hybridized carbons (Fsp3) is 0.346. The second-order valence-corrected chi connectivity index (χ2v) is 10.0. The Morgan fingerprint density at radius 1 is 1.15 bits per heavy atom. The first-order valence-corrected chi connectivity index (χ1v) is 12.3. The Morgan fingerprint density at radius 2 is 1.91 bits per heavy atom. The first-order valence-electron chi connectivity index (χ1n) is 11.5. The van der Waals surface area contributed by atoms with Crippen molar-refractivity contribution in [1.82, 2.24) is 9.97 Å². The van der Waals surface area contributed by atoms with E-state index in [1.807, 2.05) is 25.1 Å². The molecule has 1 saturated carbocycles. The van der Waals surface area contributed by atoms with Crippen molar-refractivity contribution < 1.29 is 9.90 Å². The third-order valence-corrected chi connectivity index (χ3v) is 7.33. The van der Waals surface area contributed by atoms with E-state index in [0.29, 0.717) is 33.2 Å². The van der Waals surface area contributed by atoms with Crippen LogP contribution in [-0.4, -0.2) is 39.7 Å². The number of hydrogen-bond acceptors (Lipinski definition) is 5. The predicted octanol–water partition coefficient (Wildman–Crippen LogP) is 5.64. The van der Waals surface area contributed by atoms with Crippen LogP contribution >= 0.6 is 23.2 Å². The molecular formula is C26H26Cl2N4O2. The zero-order chi connectivity index (χ0) is 23.9. The minimum atomic E-state index is -0.511. The standard InChI is InChI=1S/C26H26Cl2N4O2/c1-16-21-15-20(30-24(33)9-3-17-2-6-19(27)14-22(17)28)7-8-23(21)31-25(29-16)32-12-10-26(34,11-13-32)18-4-5-18/h2-3,6-9,14-15,18,34H,4-5,10-13H2,1H3,(H,30,33)/b9-3+. The summed E-state index contributed by atoms with van der Waals surface area (Å²) in [5.41, 5.74) is 2.54. The molecule has 6 nitrogen and oxygen atoms in total. The van der Waals surface area contributed by atoms with Gasteiger partial charge in [-0.25, -0.2) is 9.97 Å². The Kier molecular flexibility index (Phi) is 6.23. The van der Waals surface area contributed by atoms with E-state index in [9.17, 15) is 9.90 Å². The van der Waals surface area contributed by atoms with Crippen molar-refractivity contribution in [3.05, 3.63) is 63.8 Å². The van der Waals surface area contributed by atoms with Crippen LogP contribution in [0, 0.1) is 12.8 Å². The Bertz CT molecular complexity index is 1280. The number of nitrogens with zero attached hydrogens (tertiary/aromatic N) is 3. The van der Waals surface area contributed by atoms with Crippen molar-refractivity contribution in [2.75, 3.05) is 23.3 Å². The van der Waals surface area contributed by atoms with E-state index in [2.05, 4.69) is 10.2 Å². The molecular weight excluding hydrogens is 471 g/mol. The Balaban J connectivity index is 1.28. The van der Waals surface area contributed by atoms with Crippen LogP contribution in [0.4, 0.5) is 11.6 Å². The van der Waals surface area contributed by atoms with E-state index in [1.54, 1.807) is 24.3 Å². The molecule has 2 aliphatic rings. The average Bonchev–Trinajstić information content (AvgIpc) is 3.66. The van der Waals surface area contributed by atoms with Gasteiger partial charge in [-0.2, -0.15) is 0 Å². The van der Waals surface area contributed by atoms with Crippen molar-refractivity contribution >= 4 is 57.7 Å². The van der Waals surface area contributed by atoms with Gasteiger partial charge in [-0.15, -0.1) is 0 Å². The molecule has 0 unspecified atom stereocenters. The van der Waals surface area contributed by atoms with E-state index in [0.717, 1.165) is 55.4 Å². The summed E-state index contributed by atoms with van der Waals surface area (Å²) in [4.78, 5) is 24.1.